The van der Waals surface area contributed by atoms with E-state index in [0.29, 0.717) is 0 Å². The molecule has 0 radical (unpaired) electrons. The van der Waals surface area contributed by atoms with Crippen LogP contribution in [0.3, 0.4) is 0 Å². The Morgan fingerprint density at radius 2 is 1.62 bits per heavy atom. The Balaban J connectivity index is 2.25. The van der Waals surface area contributed by atoms with Gasteiger partial charge in [-0.2, -0.15) is 0 Å². The van der Waals surface area contributed by atoms with Crippen molar-refractivity contribution in [2.75, 3.05) is 4.36 Å². The van der Waals surface area contributed by atoms with E-state index in [0.717, 1.165) is 41.6 Å². The van der Waals surface area contributed by atoms with Gasteiger partial charge in [-0.3, -0.25) is 0 Å². The zero-order chi connectivity index (χ0) is 11.5. The predicted molar refractivity (Wildman–Crippen MR) is 62.7 cm³/mol. The van der Waals surface area contributed by atoms with Crippen molar-refractivity contribution in [1.82, 2.24) is 0 Å². The summed E-state index contributed by atoms with van der Waals surface area (Å²) in [6, 6.07) is 0. The normalized spacial score (nSPS) is 19.6. The maximum absolute atomic E-state index is 6.02. The molecule has 1 nitrogen and oxygen atoms in total. The molecule has 16 heavy (non-hydrogen) atoms. The first-order chi connectivity index (χ1) is 7.74. The Bertz CT molecular complexity index is 363. The molecule has 0 aliphatic heterocycles. The van der Waals surface area contributed by atoms with Crippen molar-refractivity contribution in [3.8, 4) is 0 Å². The first-order valence-electron chi connectivity index (χ1n) is 5.72. The third kappa shape index (κ3) is 2.38. The van der Waals surface area contributed by atoms with Gasteiger partial charge in [0.05, 0.1) is 0 Å². The van der Waals surface area contributed by atoms with E-state index in [1.165, 1.54) is 22.3 Å². The molecule has 0 bridgehead atoms. The molecule has 0 spiro atoms. The summed E-state index contributed by atoms with van der Waals surface area (Å²) in [6.45, 7) is 4.39. The fourth-order valence-electron chi connectivity index (χ4n) is 2.38. The van der Waals surface area contributed by atoms with Crippen molar-refractivity contribution in [3.05, 3.63) is 46.6 Å². The zero-order valence-corrected chi connectivity index (χ0v) is 13.5. The second kappa shape index (κ2) is 5.42. The van der Waals surface area contributed by atoms with Gasteiger partial charge in [-0.25, -0.2) is 0 Å². The maximum atomic E-state index is 6.02. The van der Waals surface area contributed by atoms with Crippen LogP contribution in [0.15, 0.2) is 46.6 Å². The SMILES string of the molecule is CC1=C(C(O[CH2][Hf])C2=C(C)C=CC2)CC=C1. The first kappa shape index (κ1) is 12.3. The van der Waals surface area contributed by atoms with Crippen LogP contribution in [0.4, 0.5) is 0 Å². The van der Waals surface area contributed by atoms with Gasteiger partial charge in [-0.1, -0.05) is 0 Å². The Morgan fingerprint density at radius 1 is 1.12 bits per heavy atom. The standard InChI is InChI=1S/C14H17O.Hf/c1-10-6-4-8-12(10)14(15-3)13-9-5-7-11(13)2;/h4-7,14H,3,8-9H2,1-2H3;. The molecule has 0 aromatic carbocycles. The minimum atomic E-state index is 0.238. The van der Waals surface area contributed by atoms with Crippen LogP contribution in [0.2, 0.25) is 0 Å². The molecule has 2 rings (SSSR count). The van der Waals surface area contributed by atoms with Crippen LogP contribution >= 0.6 is 0 Å². The third-order valence-corrected chi connectivity index (χ3v) is 3.91. The van der Waals surface area contributed by atoms with Crippen molar-refractivity contribution in [2.24, 2.45) is 0 Å². The number of rotatable bonds is 4. The molecule has 0 fully saturated rings. The van der Waals surface area contributed by atoms with Crippen LogP contribution in [0.5, 0.6) is 0 Å². The Morgan fingerprint density at radius 3 is 1.94 bits per heavy atom. The van der Waals surface area contributed by atoms with Crippen molar-refractivity contribution in [3.63, 3.8) is 0 Å². The quantitative estimate of drug-likeness (QED) is 0.680. The third-order valence-electron chi connectivity index (χ3n) is 3.31. The average Bonchev–Trinajstić information content (AvgIpc) is 2.84. The van der Waals surface area contributed by atoms with Crippen molar-refractivity contribution in [2.45, 2.75) is 32.8 Å². The molecule has 0 unspecified atom stereocenters. The molecule has 0 N–H and O–H groups in total. The number of allylic oxidation sites excluding steroid dienone is 6. The molecule has 2 aliphatic rings. The molecule has 0 heterocycles. The summed E-state index contributed by atoms with van der Waals surface area (Å²) in [6.07, 6.45) is 11.3. The molecule has 2 aliphatic carbocycles. The predicted octanol–water partition coefficient (Wildman–Crippen LogP) is 3.43. The van der Waals surface area contributed by atoms with Gasteiger partial charge < -0.3 is 0 Å². The zero-order valence-electron chi connectivity index (χ0n) is 9.92. The van der Waals surface area contributed by atoms with E-state index in [9.17, 15) is 0 Å². The van der Waals surface area contributed by atoms with Gasteiger partial charge in [-0.05, 0) is 0 Å². The Kier molecular flexibility index (Phi) is 4.15. The average molecular weight is 380 g/mol. The van der Waals surface area contributed by atoms with Gasteiger partial charge >= 0.3 is 113 Å². The van der Waals surface area contributed by atoms with Gasteiger partial charge in [0.25, 0.3) is 0 Å². The summed E-state index contributed by atoms with van der Waals surface area (Å²) < 4.78 is 6.93. The molecule has 2 heteroatoms. The van der Waals surface area contributed by atoms with Gasteiger partial charge in [0.15, 0.2) is 0 Å². The van der Waals surface area contributed by atoms with E-state index in [-0.39, 0.29) is 6.10 Å². The number of ether oxygens (including phenoxy) is 1. The van der Waals surface area contributed by atoms with Crippen LogP contribution in [0.1, 0.15) is 26.7 Å². The van der Waals surface area contributed by atoms with E-state index in [1.54, 1.807) is 0 Å². The van der Waals surface area contributed by atoms with E-state index in [1.807, 2.05) is 0 Å². The van der Waals surface area contributed by atoms with E-state index in [4.69, 9.17) is 4.74 Å². The van der Waals surface area contributed by atoms with Gasteiger partial charge in [-0.15, -0.1) is 0 Å². The van der Waals surface area contributed by atoms with Gasteiger partial charge in [0.1, 0.15) is 0 Å². The monoisotopic (exact) mass is 381 g/mol. The number of hydrogen-bond acceptors (Lipinski definition) is 1. The molecular weight excluding hydrogens is 363 g/mol. The van der Waals surface area contributed by atoms with E-state index >= 15 is 0 Å². The van der Waals surface area contributed by atoms with E-state index < -0.39 is 0 Å². The van der Waals surface area contributed by atoms with Crippen molar-refractivity contribution in [1.29, 1.82) is 0 Å². The van der Waals surface area contributed by atoms with Crippen LogP contribution in [-0.4, -0.2) is 10.5 Å². The summed E-state index contributed by atoms with van der Waals surface area (Å²) >= 11 is 1.11. The summed E-state index contributed by atoms with van der Waals surface area (Å²) in [4.78, 5) is 0. The molecular formula is C14H17HfO. The fraction of sp³-hybridized carbons (Fsp3) is 0.429. The van der Waals surface area contributed by atoms with Crippen molar-refractivity contribution < 1.29 is 29.1 Å². The molecule has 0 atom stereocenters. The Hall–Kier alpha value is -0.210. The minimum absolute atomic E-state index is 0.238. The van der Waals surface area contributed by atoms with Crippen LogP contribution in [0.25, 0.3) is 0 Å². The number of hydrogen-bond donors (Lipinski definition) is 0. The molecule has 0 amide bonds. The molecule has 0 aromatic rings. The summed E-state index contributed by atoms with van der Waals surface area (Å²) in [5.74, 6) is 0. The first-order valence-corrected chi connectivity index (χ1v) is 8.26. The van der Waals surface area contributed by atoms with Gasteiger partial charge in [0.2, 0.25) is 0 Å². The molecule has 0 aromatic heterocycles. The summed E-state index contributed by atoms with van der Waals surface area (Å²) in [5, 5.41) is 0. The van der Waals surface area contributed by atoms with Crippen LogP contribution in [-0.2, 0) is 29.1 Å². The second-order valence-electron chi connectivity index (χ2n) is 4.32. The Labute approximate surface area is 113 Å². The molecule has 83 valence electrons. The summed E-state index contributed by atoms with van der Waals surface area (Å²) in [7, 11) is 0. The second-order valence-corrected chi connectivity index (χ2v) is 5.36. The summed E-state index contributed by atoms with van der Waals surface area (Å²) in [5.41, 5.74) is 5.72. The van der Waals surface area contributed by atoms with Crippen LogP contribution in [0, 0.1) is 0 Å². The molecule has 0 saturated carbocycles. The topological polar surface area (TPSA) is 9.23 Å². The van der Waals surface area contributed by atoms with Crippen LogP contribution < -0.4 is 0 Å². The van der Waals surface area contributed by atoms with Crippen molar-refractivity contribution >= 4 is 0 Å². The molecule has 0 saturated heterocycles. The van der Waals surface area contributed by atoms with E-state index in [2.05, 4.69) is 38.2 Å². The fourth-order valence-corrected chi connectivity index (χ4v) is 2.98. The van der Waals surface area contributed by atoms with Gasteiger partial charge in [0, 0.05) is 0 Å².